The number of benzene rings is 1. The number of amides is 1. The summed E-state index contributed by atoms with van der Waals surface area (Å²) in [6.45, 7) is 4.57. The fourth-order valence-corrected chi connectivity index (χ4v) is 3.39. The van der Waals surface area contributed by atoms with Crippen LogP contribution in [0.2, 0.25) is 0 Å². The van der Waals surface area contributed by atoms with E-state index in [-0.39, 0.29) is 5.91 Å². The van der Waals surface area contributed by atoms with Crippen LogP contribution in [0.5, 0.6) is 0 Å². The van der Waals surface area contributed by atoms with E-state index in [9.17, 15) is 14.7 Å². The molecule has 0 aliphatic heterocycles. The van der Waals surface area contributed by atoms with Crippen molar-refractivity contribution in [1.82, 2.24) is 5.32 Å². The Bertz CT molecular complexity index is 542. The highest BCUT2D eigenvalue weighted by molar-refractivity contribution is 5.83. The van der Waals surface area contributed by atoms with E-state index in [1.165, 1.54) is 44.9 Å². The lowest BCUT2D eigenvalue weighted by Crippen LogP contribution is -2.42. The van der Waals surface area contributed by atoms with Crippen LogP contribution in [0, 0.1) is 5.92 Å². The molecule has 0 aromatic heterocycles. The topological polar surface area (TPSA) is 66.4 Å². The lowest BCUT2D eigenvalue weighted by molar-refractivity contribution is -0.141. The Balaban J connectivity index is 2.05. The molecule has 0 aliphatic carbocycles. The Kier molecular flexibility index (Phi) is 13.1. The van der Waals surface area contributed by atoms with E-state index in [0.29, 0.717) is 12.8 Å². The molecule has 4 heteroatoms. The number of nitrogens with one attached hydrogen (secondary N) is 1. The van der Waals surface area contributed by atoms with Gasteiger partial charge in [-0.2, -0.15) is 0 Å². The van der Waals surface area contributed by atoms with Crippen molar-refractivity contribution in [2.75, 3.05) is 0 Å². The van der Waals surface area contributed by atoms with Gasteiger partial charge < -0.3 is 10.4 Å². The van der Waals surface area contributed by atoms with Crippen molar-refractivity contribution in [2.45, 2.75) is 96.9 Å². The predicted octanol–water partition coefficient (Wildman–Crippen LogP) is 5.75. The molecule has 1 aromatic rings. The van der Waals surface area contributed by atoms with Crippen LogP contribution in [-0.4, -0.2) is 23.0 Å². The van der Waals surface area contributed by atoms with Crippen LogP contribution in [0.3, 0.4) is 0 Å². The van der Waals surface area contributed by atoms with Gasteiger partial charge in [0.2, 0.25) is 5.91 Å². The molecule has 0 fully saturated rings. The molecule has 1 amide bonds. The van der Waals surface area contributed by atoms with Crippen LogP contribution in [0.25, 0.3) is 0 Å². The predicted molar refractivity (Wildman–Crippen MR) is 115 cm³/mol. The lowest BCUT2D eigenvalue weighted by atomic mass is 10.0. The molecular formula is C24H39NO3. The highest BCUT2D eigenvalue weighted by atomic mass is 16.4. The van der Waals surface area contributed by atoms with E-state index in [4.69, 9.17) is 0 Å². The number of carboxylic acid groups (broad SMARTS) is 1. The first-order valence-electron chi connectivity index (χ1n) is 11.0. The van der Waals surface area contributed by atoms with E-state index >= 15 is 0 Å². The zero-order valence-electron chi connectivity index (χ0n) is 17.8. The van der Waals surface area contributed by atoms with Gasteiger partial charge in [-0.15, -0.1) is 0 Å². The number of carbonyl (C=O) groups excluding carboxylic acids is 1. The number of carboxylic acids is 1. The summed E-state index contributed by atoms with van der Waals surface area (Å²) in [4.78, 5) is 23.5. The van der Waals surface area contributed by atoms with Crippen molar-refractivity contribution in [3.63, 3.8) is 0 Å². The van der Waals surface area contributed by atoms with Gasteiger partial charge in [0.15, 0.2) is 0 Å². The third-order valence-electron chi connectivity index (χ3n) is 5.10. The van der Waals surface area contributed by atoms with Crippen LogP contribution < -0.4 is 5.32 Å². The summed E-state index contributed by atoms with van der Waals surface area (Å²) in [5, 5.41) is 12.0. The normalized spacial score (nSPS) is 12.1. The zero-order valence-corrected chi connectivity index (χ0v) is 17.8. The fourth-order valence-electron chi connectivity index (χ4n) is 3.39. The van der Waals surface area contributed by atoms with Crippen molar-refractivity contribution in [3.05, 3.63) is 35.9 Å². The molecule has 1 aromatic carbocycles. The summed E-state index contributed by atoms with van der Waals surface area (Å²) >= 11 is 0. The van der Waals surface area contributed by atoms with Crippen LogP contribution in [0.1, 0.15) is 90.0 Å². The molecule has 1 atom stereocenters. The number of unbranched alkanes of at least 4 members (excludes halogenated alkanes) is 8. The molecule has 4 nitrogen and oxygen atoms in total. The number of rotatable bonds is 16. The standard InChI is InChI=1S/C24H39NO3/c1-20(2)15-11-8-6-4-3-5-7-9-14-18-23(26)25-22(24(27)28)19-21-16-12-10-13-17-21/h10,12-13,16-17,20,22H,3-9,11,14-15,18-19H2,1-2H3,(H,25,26)(H,27,28). The van der Waals surface area contributed by atoms with Gasteiger partial charge in [0, 0.05) is 12.8 Å². The van der Waals surface area contributed by atoms with Crippen LogP contribution >= 0.6 is 0 Å². The van der Waals surface area contributed by atoms with Gasteiger partial charge in [0.25, 0.3) is 0 Å². The quantitative estimate of drug-likeness (QED) is 0.354. The third-order valence-corrected chi connectivity index (χ3v) is 5.10. The first-order valence-corrected chi connectivity index (χ1v) is 11.0. The summed E-state index contributed by atoms with van der Waals surface area (Å²) in [6.07, 6.45) is 13.0. The van der Waals surface area contributed by atoms with Crippen molar-refractivity contribution in [2.24, 2.45) is 5.92 Å². The largest absolute Gasteiger partial charge is 0.480 e. The van der Waals surface area contributed by atoms with E-state index in [1.807, 2.05) is 30.3 Å². The van der Waals surface area contributed by atoms with Gasteiger partial charge in [0.1, 0.15) is 6.04 Å². The minimum Gasteiger partial charge on any atom is -0.480 e. The molecule has 0 bridgehead atoms. The molecule has 28 heavy (non-hydrogen) atoms. The third kappa shape index (κ3) is 12.5. The van der Waals surface area contributed by atoms with Gasteiger partial charge in [-0.25, -0.2) is 4.79 Å². The molecule has 1 unspecified atom stereocenters. The Hall–Kier alpha value is -1.84. The monoisotopic (exact) mass is 389 g/mol. The number of hydrogen-bond donors (Lipinski definition) is 2. The average molecular weight is 390 g/mol. The average Bonchev–Trinajstić information content (AvgIpc) is 2.66. The first-order chi connectivity index (χ1) is 13.5. The summed E-state index contributed by atoms with van der Waals surface area (Å²) < 4.78 is 0. The number of hydrogen-bond acceptors (Lipinski definition) is 2. The molecule has 0 saturated carbocycles. The zero-order chi connectivity index (χ0) is 20.6. The van der Waals surface area contributed by atoms with Gasteiger partial charge >= 0.3 is 5.97 Å². The lowest BCUT2D eigenvalue weighted by Gasteiger charge is -2.14. The van der Waals surface area contributed by atoms with Crippen LogP contribution in [-0.2, 0) is 16.0 Å². The second-order valence-corrected chi connectivity index (χ2v) is 8.26. The second kappa shape index (κ2) is 15.1. The van der Waals surface area contributed by atoms with Crippen molar-refractivity contribution >= 4 is 11.9 Å². The molecule has 0 aliphatic rings. The van der Waals surface area contributed by atoms with Gasteiger partial charge in [0.05, 0.1) is 0 Å². The first kappa shape index (κ1) is 24.2. The summed E-state index contributed by atoms with van der Waals surface area (Å²) in [6, 6.07) is 8.55. The fraction of sp³-hybridized carbons (Fsp3) is 0.667. The summed E-state index contributed by atoms with van der Waals surface area (Å²) in [5.74, 6) is -0.319. The Morgan fingerprint density at radius 3 is 1.93 bits per heavy atom. The summed E-state index contributed by atoms with van der Waals surface area (Å²) in [7, 11) is 0. The molecular weight excluding hydrogens is 350 g/mol. The highest BCUT2D eigenvalue weighted by Crippen LogP contribution is 2.13. The molecule has 1 rings (SSSR count). The number of aliphatic carboxylic acids is 1. The van der Waals surface area contributed by atoms with Gasteiger partial charge in [-0.05, 0) is 17.9 Å². The molecule has 0 spiro atoms. The maximum atomic E-state index is 12.1. The minimum atomic E-state index is -0.981. The van der Waals surface area contributed by atoms with E-state index < -0.39 is 12.0 Å². The van der Waals surface area contributed by atoms with Gasteiger partial charge in [-0.3, -0.25) is 4.79 Å². The van der Waals surface area contributed by atoms with Crippen molar-refractivity contribution in [3.8, 4) is 0 Å². The van der Waals surface area contributed by atoms with E-state index in [1.54, 1.807) is 0 Å². The Labute approximate surface area is 171 Å². The van der Waals surface area contributed by atoms with E-state index in [0.717, 1.165) is 30.7 Å². The van der Waals surface area contributed by atoms with Gasteiger partial charge in [-0.1, -0.05) is 102 Å². The number of carbonyl (C=O) groups is 2. The molecule has 158 valence electrons. The minimum absolute atomic E-state index is 0.159. The Morgan fingerprint density at radius 1 is 0.857 bits per heavy atom. The maximum Gasteiger partial charge on any atom is 0.326 e. The highest BCUT2D eigenvalue weighted by Gasteiger charge is 2.19. The molecule has 2 N–H and O–H groups in total. The molecule has 0 radical (unpaired) electrons. The van der Waals surface area contributed by atoms with E-state index in [2.05, 4.69) is 19.2 Å². The van der Waals surface area contributed by atoms with Crippen LogP contribution in [0.4, 0.5) is 0 Å². The molecule has 0 saturated heterocycles. The second-order valence-electron chi connectivity index (χ2n) is 8.26. The summed E-state index contributed by atoms with van der Waals surface area (Å²) in [5.41, 5.74) is 0.916. The molecule has 0 heterocycles. The smallest absolute Gasteiger partial charge is 0.326 e. The van der Waals surface area contributed by atoms with Crippen molar-refractivity contribution < 1.29 is 14.7 Å². The SMILES string of the molecule is CC(C)CCCCCCCCCCCC(=O)NC(Cc1ccccc1)C(=O)O. The Morgan fingerprint density at radius 2 is 1.39 bits per heavy atom. The maximum absolute atomic E-state index is 12.1. The van der Waals surface area contributed by atoms with Crippen molar-refractivity contribution in [1.29, 1.82) is 0 Å². The van der Waals surface area contributed by atoms with Crippen LogP contribution in [0.15, 0.2) is 30.3 Å².